The van der Waals surface area contributed by atoms with E-state index in [2.05, 4.69) is 10.1 Å². The van der Waals surface area contributed by atoms with Gasteiger partial charge in [0.25, 0.3) is 5.91 Å². The van der Waals surface area contributed by atoms with E-state index >= 15 is 0 Å². The van der Waals surface area contributed by atoms with Gasteiger partial charge in [-0.2, -0.15) is 4.98 Å². The zero-order valence-electron chi connectivity index (χ0n) is 16.3. The molecule has 0 N–H and O–H groups in total. The Kier molecular flexibility index (Phi) is 5.16. The minimum absolute atomic E-state index is 0.176. The summed E-state index contributed by atoms with van der Waals surface area (Å²) in [4.78, 5) is 20.5. The minimum atomic E-state index is -0.235. The molecule has 1 aliphatic heterocycles. The predicted molar refractivity (Wildman–Crippen MR) is 106 cm³/mol. The minimum Gasteiger partial charge on any atom is -0.497 e. The van der Waals surface area contributed by atoms with E-state index in [1.165, 1.54) is 4.90 Å². The van der Waals surface area contributed by atoms with Crippen LogP contribution < -0.4 is 9.64 Å². The molecule has 0 aliphatic carbocycles. The van der Waals surface area contributed by atoms with E-state index in [1.807, 2.05) is 30.3 Å². The molecule has 152 valence electrons. The van der Waals surface area contributed by atoms with E-state index < -0.39 is 0 Å². The van der Waals surface area contributed by atoms with Crippen LogP contribution in [0.3, 0.4) is 0 Å². The number of hydrogen-bond donors (Lipinski definition) is 0. The zero-order valence-corrected chi connectivity index (χ0v) is 17.0. The van der Waals surface area contributed by atoms with E-state index in [9.17, 15) is 4.79 Å². The number of halogens is 1. The fourth-order valence-corrected chi connectivity index (χ4v) is 3.32. The first-order chi connectivity index (χ1) is 14.0. The second kappa shape index (κ2) is 7.76. The van der Waals surface area contributed by atoms with Crippen molar-refractivity contribution in [3.05, 3.63) is 47.1 Å². The highest BCUT2D eigenvalue weighted by molar-refractivity contribution is 6.29. The number of ether oxygens (including phenoxy) is 2. The van der Waals surface area contributed by atoms with Gasteiger partial charge in [-0.05, 0) is 35.9 Å². The summed E-state index contributed by atoms with van der Waals surface area (Å²) in [7, 11) is 5.07. The molecule has 29 heavy (non-hydrogen) atoms. The van der Waals surface area contributed by atoms with Gasteiger partial charge in [-0.3, -0.25) is 4.79 Å². The molecule has 3 heterocycles. The number of carbonyl (C=O) groups excluding carboxylic acids is 1. The Morgan fingerprint density at radius 1 is 1.17 bits per heavy atom. The first kappa shape index (κ1) is 19.3. The van der Waals surface area contributed by atoms with Crippen LogP contribution in [0.5, 0.6) is 5.75 Å². The van der Waals surface area contributed by atoms with Crippen molar-refractivity contribution in [1.29, 1.82) is 0 Å². The van der Waals surface area contributed by atoms with Crippen LogP contribution in [0.15, 0.2) is 34.9 Å². The SMILES string of the molecule is COc1ccc(-c2cc(Cn3c(Cl)nc4c3C(=O)N(C)COCN4C)on2)cc1. The Morgan fingerprint density at radius 2 is 1.90 bits per heavy atom. The summed E-state index contributed by atoms with van der Waals surface area (Å²) in [6, 6.07) is 9.31. The van der Waals surface area contributed by atoms with Gasteiger partial charge in [-0.15, -0.1) is 0 Å². The molecule has 0 atom stereocenters. The van der Waals surface area contributed by atoms with Gasteiger partial charge >= 0.3 is 0 Å². The van der Waals surface area contributed by atoms with Crippen LogP contribution >= 0.6 is 11.6 Å². The average Bonchev–Trinajstić information content (AvgIpc) is 3.32. The van der Waals surface area contributed by atoms with E-state index in [0.717, 1.165) is 11.3 Å². The zero-order chi connectivity index (χ0) is 20.5. The molecule has 9 nitrogen and oxygen atoms in total. The second-order valence-electron chi connectivity index (χ2n) is 6.71. The summed E-state index contributed by atoms with van der Waals surface area (Å²) in [6.07, 6.45) is 0. The van der Waals surface area contributed by atoms with E-state index in [4.69, 9.17) is 25.6 Å². The Labute approximate surface area is 172 Å². The molecule has 0 unspecified atom stereocenters. The molecule has 0 bridgehead atoms. The number of amides is 1. The maximum Gasteiger partial charge on any atom is 0.276 e. The third kappa shape index (κ3) is 3.66. The van der Waals surface area contributed by atoms with Crippen LogP contribution in [0.25, 0.3) is 11.3 Å². The van der Waals surface area contributed by atoms with Gasteiger partial charge in [0.1, 0.15) is 24.9 Å². The molecule has 2 aromatic heterocycles. The molecule has 1 aliphatic rings. The van der Waals surface area contributed by atoms with E-state index in [0.29, 0.717) is 29.7 Å². The number of benzene rings is 1. The number of hydrogen-bond acceptors (Lipinski definition) is 7. The van der Waals surface area contributed by atoms with Gasteiger partial charge < -0.3 is 28.4 Å². The van der Waals surface area contributed by atoms with E-state index in [1.54, 1.807) is 30.7 Å². The Balaban J connectivity index is 1.66. The number of imidazole rings is 1. The van der Waals surface area contributed by atoms with Crippen molar-refractivity contribution in [2.75, 3.05) is 39.6 Å². The Hall–Kier alpha value is -3.04. The van der Waals surface area contributed by atoms with Gasteiger partial charge in [0.2, 0.25) is 5.28 Å². The third-order valence-electron chi connectivity index (χ3n) is 4.64. The van der Waals surface area contributed by atoms with E-state index in [-0.39, 0.29) is 24.5 Å². The molecule has 1 aromatic carbocycles. The van der Waals surface area contributed by atoms with Gasteiger partial charge in [0.05, 0.1) is 13.7 Å². The number of fused-ring (bicyclic) bond motifs is 1. The highest BCUT2D eigenvalue weighted by Crippen LogP contribution is 2.28. The Morgan fingerprint density at radius 3 is 2.62 bits per heavy atom. The lowest BCUT2D eigenvalue weighted by Crippen LogP contribution is -2.37. The highest BCUT2D eigenvalue weighted by Gasteiger charge is 2.29. The molecule has 4 rings (SSSR count). The van der Waals surface area contributed by atoms with Crippen LogP contribution in [0.4, 0.5) is 5.82 Å². The van der Waals surface area contributed by atoms with Crippen LogP contribution in [-0.4, -0.2) is 60.2 Å². The summed E-state index contributed by atoms with van der Waals surface area (Å²) >= 11 is 6.37. The molecule has 0 saturated carbocycles. The monoisotopic (exact) mass is 417 g/mol. The molecule has 1 amide bonds. The molecule has 0 spiro atoms. The quantitative estimate of drug-likeness (QED) is 0.645. The summed E-state index contributed by atoms with van der Waals surface area (Å²) < 4.78 is 17.7. The van der Waals surface area contributed by atoms with Crippen LogP contribution in [-0.2, 0) is 11.3 Å². The number of carbonyl (C=O) groups is 1. The van der Waals surface area contributed by atoms with Crippen molar-refractivity contribution < 1.29 is 18.8 Å². The van der Waals surface area contributed by atoms with Crippen molar-refractivity contribution in [3.8, 4) is 17.0 Å². The number of nitrogens with zero attached hydrogens (tertiary/aromatic N) is 5. The number of rotatable bonds is 4. The van der Waals surface area contributed by atoms with Crippen LogP contribution in [0.1, 0.15) is 16.2 Å². The molecular formula is C19H20ClN5O4. The maximum atomic E-state index is 12.9. The third-order valence-corrected chi connectivity index (χ3v) is 4.93. The summed E-state index contributed by atoms with van der Waals surface area (Å²) in [6.45, 7) is 0.690. The van der Waals surface area contributed by atoms with Gasteiger partial charge in [-0.25, -0.2) is 0 Å². The van der Waals surface area contributed by atoms with Crippen molar-refractivity contribution in [1.82, 2.24) is 19.6 Å². The van der Waals surface area contributed by atoms with Crippen molar-refractivity contribution >= 4 is 23.3 Å². The predicted octanol–water partition coefficient (Wildman–Crippen LogP) is 2.70. The molecule has 0 saturated heterocycles. The summed E-state index contributed by atoms with van der Waals surface area (Å²) in [5.41, 5.74) is 1.95. The summed E-state index contributed by atoms with van der Waals surface area (Å²) in [5.74, 6) is 1.54. The van der Waals surface area contributed by atoms with Gasteiger partial charge in [0.15, 0.2) is 17.3 Å². The Bertz CT molecular complexity index is 1030. The lowest BCUT2D eigenvalue weighted by atomic mass is 10.1. The molecule has 3 aromatic rings. The normalized spacial score (nSPS) is 14.6. The van der Waals surface area contributed by atoms with Gasteiger partial charge in [0, 0.05) is 25.7 Å². The lowest BCUT2D eigenvalue weighted by molar-refractivity contribution is 0.0311. The first-order valence-corrected chi connectivity index (χ1v) is 9.26. The average molecular weight is 418 g/mol. The number of anilines is 1. The standard InChI is InChI=1S/C19H20ClN5O4/c1-23-10-28-11-24(2)18(26)16-17(23)21-19(20)25(16)9-14-8-15(22-29-14)12-4-6-13(27-3)7-5-12/h4-8H,9-11H2,1-3H3. The fraction of sp³-hybridized carbons (Fsp3) is 0.316. The number of methoxy groups -OCH3 is 1. The van der Waals surface area contributed by atoms with Gasteiger partial charge in [-0.1, -0.05) is 5.16 Å². The van der Waals surface area contributed by atoms with Crippen molar-refractivity contribution in [3.63, 3.8) is 0 Å². The largest absolute Gasteiger partial charge is 0.497 e. The van der Waals surface area contributed by atoms with Crippen molar-refractivity contribution in [2.45, 2.75) is 6.54 Å². The maximum absolute atomic E-state index is 12.9. The highest BCUT2D eigenvalue weighted by atomic mass is 35.5. The molecule has 10 heteroatoms. The smallest absolute Gasteiger partial charge is 0.276 e. The van der Waals surface area contributed by atoms with Crippen molar-refractivity contribution in [2.24, 2.45) is 0 Å². The number of aromatic nitrogens is 3. The molecule has 0 radical (unpaired) electrons. The first-order valence-electron chi connectivity index (χ1n) is 8.88. The topological polar surface area (TPSA) is 85.9 Å². The molecular weight excluding hydrogens is 398 g/mol. The van der Waals surface area contributed by atoms with Crippen LogP contribution in [0, 0.1) is 0 Å². The molecule has 0 fully saturated rings. The lowest BCUT2D eigenvalue weighted by Gasteiger charge is -2.26. The van der Waals surface area contributed by atoms with Crippen LogP contribution in [0.2, 0.25) is 5.28 Å². The second-order valence-corrected chi connectivity index (χ2v) is 7.05. The fourth-order valence-electron chi connectivity index (χ4n) is 3.09. The summed E-state index contributed by atoms with van der Waals surface area (Å²) in [5, 5.41) is 4.32.